The highest BCUT2D eigenvalue weighted by atomic mass is 16.7. The van der Waals surface area contributed by atoms with E-state index < -0.39 is 0 Å². The molecule has 3 rings (SSSR count). The normalized spacial score (nSPS) is 22.9. The van der Waals surface area contributed by atoms with Gasteiger partial charge in [0.2, 0.25) is 0 Å². The Kier molecular flexibility index (Phi) is 3.73. The number of ether oxygens (including phenoxy) is 2. The van der Waals surface area contributed by atoms with E-state index in [-0.39, 0.29) is 12.4 Å². The summed E-state index contributed by atoms with van der Waals surface area (Å²) in [6.07, 6.45) is 3.76. The second-order valence-corrected chi connectivity index (χ2v) is 4.51. The van der Waals surface area contributed by atoms with Crippen molar-refractivity contribution in [2.24, 2.45) is 0 Å². The van der Waals surface area contributed by atoms with Crippen molar-refractivity contribution in [1.29, 1.82) is 0 Å². The molecule has 0 aromatic heterocycles. The summed E-state index contributed by atoms with van der Waals surface area (Å²) in [7, 11) is 0. The SMILES string of the molecule is C(=C\C1OCC(c2ccccc2)O1)/c1ccccc1. The Labute approximate surface area is 113 Å². The van der Waals surface area contributed by atoms with Crippen LogP contribution in [0.3, 0.4) is 0 Å². The van der Waals surface area contributed by atoms with Gasteiger partial charge in [0.1, 0.15) is 6.10 Å². The average molecular weight is 252 g/mol. The van der Waals surface area contributed by atoms with Gasteiger partial charge < -0.3 is 9.47 Å². The smallest absolute Gasteiger partial charge is 0.178 e. The van der Waals surface area contributed by atoms with Crippen LogP contribution in [-0.4, -0.2) is 12.9 Å². The molecule has 0 amide bonds. The van der Waals surface area contributed by atoms with Gasteiger partial charge in [-0.1, -0.05) is 66.7 Å². The third-order valence-electron chi connectivity index (χ3n) is 3.13. The van der Waals surface area contributed by atoms with Gasteiger partial charge in [0.15, 0.2) is 6.29 Å². The molecule has 2 heteroatoms. The maximum absolute atomic E-state index is 5.86. The molecule has 0 aliphatic carbocycles. The monoisotopic (exact) mass is 252 g/mol. The van der Waals surface area contributed by atoms with Crippen LogP contribution in [0.5, 0.6) is 0 Å². The highest BCUT2D eigenvalue weighted by Crippen LogP contribution is 2.26. The van der Waals surface area contributed by atoms with Gasteiger partial charge in [-0.2, -0.15) is 0 Å². The molecule has 19 heavy (non-hydrogen) atoms. The molecule has 1 aliphatic rings. The van der Waals surface area contributed by atoms with Crippen LogP contribution in [0.15, 0.2) is 66.7 Å². The third-order valence-corrected chi connectivity index (χ3v) is 3.13. The van der Waals surface area contributed by atoms with Gasteiger partial charge in [-0.25, -0.2) is 0 Å². The highest BCUT2D eigenvalue weighted by Gasteiger charge is 2.24. The Morgan fingerprint density at radius 3 is 2.32 bits per heavy atom. The van der Waals surface area contributed by atoms with E-state index in [1.165, 1.54) is 0 Å². The third kappa shape index (κ3) is 3.11. The lowest BCUT2D eigenvalue weighted by atomic mass is 10.1. The molecule has 2 aromatic rings. The largest absolute Gasteiger partial charge is 0.346 e. The average Bonchev–Trinajstić information content (AvgIpc) is 2.96. The van der Waals surface area contributed by atoms with Crippen LogP contribution in [0.4, 0.5) is 0 Å². The molecule has 96 valence electrons. The van der Waals surface area contributed by atoms with Crippen molar-refractivity contribution in [2.75, 3.05) is 6.61 Å². The van der Waals surface area contributed by atoms with E-state index in [0.29, 0.717) is 6.61 Å². The number of rotatable bonds is 3. The summed E-state index contributed by atoms with van der Waals surface area (Å²) < 4.78 is 11.5. The van der Waals surface area contributed by atoms with E-state index in [4.69, 9.17) is 9.47 Å². The first-order valence-corrected chi connectivity index (χ1v) is 6.47. The van der Waals surface area contributed by atoms with Crippen molar-refractivity contribution in [1.82, 2.24) is 0 Å². The van der Waals surface area contributed by atoms with Crippen molar-refractivity contribution >= 4 is 6.08 Å². The zero-order valence-electron chi connectivity index (χ0n) is 10.6. The van der Waals surface area contributed by atoms with Crippen LogP contribution < -0.4 is 0 Å². The van der Waals surface area contributed by atoms with Gasteiger partial charge in [-0.15, -0.1) is 0 Å². The molecule has 0 spiro atoms. The lowest BCUT2D eigenvalue weighted by Crippen LogP contribution is -2.03. The molecule has 2 nitrogen and oxygen atoms in total. The minimum absolute atomic E-state index is 0.0339. The molecule has 0 radical (unpaired) electrons. The molecule has 1 aliphatic heterocycles. The summed E-state index contributed by atoms with van der Waals surface area (Å²) in [5, 5.41) is 0. The topological polar surface area (TPSA) is 18.5 Å². The van der Waals surface area contributed by atoms with Gasteiger partial charge in [-0.05, 0) is 17.2 Å². The summed E-state index contributed by atoms with van der Waals surface area (Å²) in [6.45, 7) is 0.605. The van der Waals surface area contributed by atoms with Gasteiger partial charge in [0, 0.05) is 0 Å². The predicted octanol–water partition coefficient (Wildman–Crippen LogP) is 3.81. The van der Waals surface area contributed by atoms with Gasteiger partial charge in [0.05, 0.1) is 6.61 Å². The van der Waals surface area contributed by atoms with Crippen LogP contribution in [0.2, 0.25) is 0 Å². The highest BCUT2D eigenvalue weighted by molar-refractivity contribution is 5.49. The fourth-order valence-electron chi connectivity index (χ4n) is 2.12. The summed E-state index contributed by atoms with van der Waals surface area (Å²) in [6, 6.07) is 20.3. The molecule has 2 unspecified atom stereocenters. The van der Waals surface area contributed by atoms with Crippen LogP contribution >= 0.6 is 0 Å². The summed E-state index contributed by atoms with van der Waals surface area (Å²) in [5.74, 6) is 0. The van der Waals surface area contributed by atoms with Crippen LogP contribution in [0.25, 0.3) is 6.08 Å². The molecule has 0 N–H and O–H groups in total. The molecule has 1 saturated heterocycles. The summed E-state index contributed by atoms with van der Waals surface area (Å²) in [5.41, 5.74) is 2.32. The second kappa shape index (κ2) is 5.83. The number of hydrogen-bond donors (Lipinski definition) is 0. The van der Waals surface area contributed by atoms with E-state index in [2.05, 4.69) is 24.3 Å². The maximum Gasteiger partial charge on any atom is 0.178 e. The van der Waals surface area contributed by atoms with E-state index in [9.17, 15) is 0 Å². The first-order chi connectivity index (χ1) is 9.42. The Morgan fingerprint density at radius 2 is 1.58 bits per heavy atom. The minimum Gasteiger partial charge on any atom is -0.346 e. The molecular weight excluding hydrogens is 236 g/mol. The number of benzene rings is 2. The lowest BCUT2D eigenvalue weighted by molar-refractivity contribution is -0.0194. The van der Waals surface area contributed by atoms with Crippen LogP contribution in [0.1, 0.15) is 17.2 Å². The lowest BCUT2D eigenvalue weighted by Gasteiger charge is -2.08. The fourth-order valence-corrected chi connectivity index (χ4v) is 2.12. The van der Waals surface area contributed by atoms with Gasteiger partial charge >= 0.3 is 0 Å². The summed E-state index contributed by atoms with van der Waals surface area (Å²) in [4.78, 5) is 0. The second-order valence-electron chi connectivity index (χ2n) is 4.51. The van der Waals surface area contributed by atoms with Crippen molar-refractivity contribution in [2.45, 2.75) is 12.4 Å². The first kappa shape index (κ1) is 12.2. The Morgan fingerprint density at radius 1 is 0.895 bits per heavy atom. The van der Waals surface area contributed by atoms with Gasteiger partial charge in [-0.3, -0.25) is 0 Å². The molecule has 1 heterocycles. The minimum atomic E-state index is -0.259. The van der Waals surface area contributed by atoms with Crippen LogP contribution in [-0.2, 0) is 9.47 Å². The van der Waals surface area contributed by atoms with Crippen molar-refractivity contribution in [3.05, 3.63) is 77.9 Å². The summed E-state index contributed by atoms with van der Waals surface area (Å²) >= 11 is 0. The zero-order valence-corrected chi connectivity index (χ0v) is 10.6. The quantitative estimate of drug-likeness (QED) is 0.827. The van der Waals surface area contributed by atoms with Crippen molar-refractivity contribution in [3.8, 4) is 0 Å². The zero-order chi connectivity index (χ0) is 12.9. The van der Waals surface area contributed by atoms with E-state index in [1.54, 1.807) is 0 Å². The van der Waals surface area contributed by atoms with E-state index in [1.807, 2.05) is 48.6 Å². The van der Waals surface area contributed by atoms with Gasteiger partial charge in [0.25, 0.3) is 0 Å². The molecule has 0 bridgehead atoms. The predicted molar refractivity (Wildman–Crippen MR) is 75.5 cm³/mol. The molecular formula is C17H16O2. The molecule has 1 fully saturated rings. The Hall–Kier alpha value is -1.90. The van der Waals surface area contributed by atoms with Crippen molar-refractivity contribution in [3.63, 3.8) is 0 Å². The fraction of sp³-hybridized carbons (Fsp3) is 0.176. The molecule has 2 atom stereocenters. The van der Waals surface area contributed by atoms with E-state index >= 15 is 0 Å². The number of hydrogen-bond acceptors (Lipinski definition) is 2. The van der Waals surface area contributed by atoms with Crippen LogP contribution in [0, 0.1) is 0 Å². The standard InChI is InChI=1S/C17H16O2/c1-3-7-14(8-4-1)11-12-17-18-13-16(19-17)15-9-5-2-6-10-15/h1-12,16-17H,13H2/b12-11+. The maximum atomic E-state index is 5.86. The van der Waals surface area contributed by atoms with E-state index in [0.717, 1.165) is 11.1 Å². The molecule has 2 aromatic carbocycles. The first-order valence-electron chi connectivity index (χ1n) is 6.47. The van der Waals surface area contributed by atoms with Crippen molar-refractivity contribution < 1.29 is 9.47 Å². The Bertz CT molecular complexity index is 534. The molecule has 0 saturated carbocycles. The Balaban J connectivity index is 1.62.